The van der Waals surface area contributed by atoms with E-state index in [9.17, 15) is 0 Å². The van der Waals surface area contributed by atoms with Gasteiger partial charge >= 0.3 is 0 Å². The Morgan fingerprint density at radius 1 is 0.875 bits per heavy atom. The zero-order valence-corrected chi connectivity index (χ0v) is 9.26. The summed E-state index contributed by atoms with van der Waals surface area (Å²) < 4.78 is 0. The summed E-state index contributed by atoms with van der Waals surface area (Å²) in [6, 6.07) is 14.6. The highest BCUT2D eigenvalue weighted by Gasteiger charge is 1.96. The van der Waals surface area contributed by atoms with Crippen molar-refractivity contribution in [1.29, 1.82) is 0 Å². The van der Waals surface area contributed by atoms with Crippen molar-refractivity contribution in [2.24, 2.45) is 5.73 Å². The largest absolute Gasteiger partial charge is 0.325 e. The van der Waals surface area contributed by atoms with Gasteiger partial charge in [0.1, 0.15) is 0 Å². The summed E-state index contributed by atoms with van der Waals surface area (Å²) in [5.41, 5.74) is 9.08. The lowest BCUT2D eigenvalue weighted by Gasteiger charge is -2.02. The van der Waals surface area contributed by atoms with Crippen LogP contribution < -0.4 is 5.73 Å². The molecule has 1 aromatic heterocycles. The van der Waals surface area contributed by atoms with E-state index in [1.807, 2.05) is 18.3 Å². The number of aromatic nitrogens is 1. The van der Waals surface area contributed by atoms with Gasteiger partial charge in [0.05, 0.1) is 5.69 Å². The topological polar surface area (TPSA) is 38.9 Å². The standard InChI is InChI=1S/C14H16N2/c15-10-14-9-8-13(11-16-14)7-6-12-4-2-1-3-5-12/h1-5,8-9,11H,6-7,10,15H2. The van der Waals surface area contributed by atoms with Gasteiger partial charge in [-0.25, -0.2) is 0 Å². The molecule has 2 heteroatoms. The maximum atomic E-state index is 5.50. The molecule has 0 radical (unpaired) electrons. The fourth-order valence-electron chi connectivity index (χ4n) is 1.66. The van der Waals surface area contributed by atoms with Crippen molar-refractivity contribution in [3.8, 4) is 0 Å². The Bertz CT molecular complexity index is 420. The molecule has 16 heavy (non-hydrogen) atoms. The van der Waals surface area contributed by atoms with Crippen LogP contribution in [0, 0.1) is 0 Å². The van der Waals surface area contributed by atoms with E-state index in [0.29, 0.717) is 6.54 Å². The van der Waals surface area contributed by atoms with Crippen molar-refractivity contribution in [2.75, 3.05) is 0 Å². The molecular weight excluding hydrogens is 196 g/mol. The molecule has 2 nitrogen and oxygen atoms in total. The number of rotatable bonds is 4. The van der Waals surface area contributed by atoms with E-state index in [1.54, 1.807) is 0 Å². The second kappa shape index (κ2) is 5.42. The summed E-state index contributed by atoms with van der Waals surface area (Å²) in [7, 11) is 0. The van der Waals surface area contributed by atoms with Gasteiger partial charge in [-0.2, -0.15) is 0 Å². The molecule has 2 N–H and O–H groups in total. The van der Waals surface area contributed by atoms with Gasteiger partial charge in [-0.1, -0.05) is 36.4 Å². The average Bonchev–Trinajstić information content (AvgIpc) is 2.38. The van der Waals surface area contributed by atoms with E-state index >= 15 is 0 Å². The zero-order chi connectivity index (χ0) is 11.2. The summed E-state index contributed by atoms with van der Waals surface area (Å²) in [5.74, 6) is 0. The minimum Gasteiger partial charge on any atom is -0.325 e. The first kappa shape index (κ1) is 10.8. The number of aryl methyl sites for hydroxylation is 2. The summed E-state index contributed by atoms with van der Waals surface area (Å²) >= 11 is 0. The van der Waals surface area contributed by atoms with Crippen LogP contribution >= 0.6 is 0 Å². The Hall–Kier alpha value is -1.67. The molecule has 0 saturated heterocycles. The number of hydrogen-bond acceptors (Lipinski definition) is 2. The molecule has 0 bridgehead atoms. The number of nitrogens with zero attached hydrogens (tertiary/aromatic N) is 1. The lowest BCUT2D eigenvalue weighted by molar-refractivity contribution is 0.926. The van der Waals surface area contributed by atoms with Gasteiger partial charge in [-0.15, -0.1) is 0 Å². The normalized spacial score (nSPS) is 10.3. The molecule has 0 unspecified atom stereocenters. The smallest absolute Gasteiger partial charge is 0.0539 e. The fraction of sp³-hybridized carbons (Fsp3) is 0.214. The molecule has 0 aliphatic carbocycles. The highest BCUT2D eigenvalue weighted by Crippen LogP contribution is 2.06. The highest BCUT2D eigenvalue weighted by molar-refractivity contribution is 5.19. The zero-order valence-electron chi connectivity index (χ0n) is 9.26. The third kappa shape index (κ3) is 2.91. The van der Waals surface area contributed by atoms with Crippen LogP contribution in [0.1, 0.15) is 16.8 Å². The summed E-state index contributed by atoms with van der Waals surface area (Å²) in [5, 5.41) is 0. The van der Waals surface area contributed by atoms with Gasteiger partial charge in [0.15, 0.2) is 0 Å². The number of nitrogens with two attached hydrogens (primary N) is 1. The maximum Gasteiger partial charge on any atom is 0.0539 e. The predicted octanol–water partition coefficient (Wildman–Crippen LogP) is 2.33. The Morgan fingerprint density at radius 3 is 2.25 bits per heavy atom. The average molecular weight is 212 g/mol. The molecule has 0 spiro atoms. The summed E-state index contributed by atoms with van der Waals surface area (Å²) in [4.78, 5) is 4.28. The van der Waals surface area contributed by atoms with E-state index < -0.39 is 0 Å². The molecule has 2 rings (SSSR count). The summed E-state index contributed by atoms with van der Waals surface area (Å²) in [6.07, 6.45) is 4.01. The molecule has 0 aliphatic heterocycles. The third-order valence-electron chi connectivity index (χ3n) is 2.64. The molecule has 1 heterocycles. The van der Waals surface area contributed by atoms with Crippen molar-refractivity contribution in [2.45, 2.75) is 19.4 Å². The first-order valence-corrected chi connectivity index (χ1v) is 5.56. The number of benzene rings is 1. The Balaban J connectivity index is 1.94. The SMILES string of the molecule is NCc1ccc(CCc2ccccc2)cn1. The van der Waals surface area contributed by atoms with Crippen LogP contribution in [0.3, 0.4) is 0 Å². The maximum absolute atomic E-state index is 5.50. The Kier molecular flexibility index (Phi) is 3.67. The van der Waals surface area contributed by atoms with Crippen LogP contribution in [-0.2, 0) is 19.4 Å². The van der Waals surface area contributed by atoms with Crippen LogP contribution in [-0.4, -0.2) is 4.98 Å². The monoisotopic (exact) mass is 212 g/mol. The quantitative estimate of drug-likeness (QED) is 0.844. The minimum atomic E-state index is 0.513. The van der Waals surface area contributed by atoms with E-state index in [2.05, 4.69) is 35.3 Å². The molecule has 0 saturated carbocycles. The first-order chi connectivity index (χ1) is 7.88. The second-order valence-corrected chi connectivity index (χ2v) is 3.85. The lowest BCUT2D eigenvalue weighted by Crippen LogP contribution is -2.00. The van der Waals surface area contributed by atoms with Gasteiger partial charge in [0, 0.05) is 12.7 Å². The van der Waals surface area contributed by atoms with Crippen LogP contribution in [0.4, 0.5) is 0 Å². The fourth-order valence-corrected chi connectivity index (χ4v) is 1.66. The Labute approximate surface area is 96.1 Å². The van der Waals surface area contributed by atoms with Crippen molar-refractivity contribution in [3.63, 3.8) is 0 Å². The molecule has 82 valence electrons. The van der Waals surface area contributed by atoms with Crippen LogP contribution in [0.25, 0.3) is 0 Å². The van der Waals surface area contributed by atoms with Crippen LogP contribution in [0.15, 0.2) is 48.7 Å². The third-order valence-corrected chi connectivity index (χ3v) is 2.64. The van der Waals surface area contributed by atoms with Gasteiger partial charge in [0.25, 0.3) is 0 Å². The molecule has 0 fully saturated rings. The van der Waals surface area contributed by atoms with E-state index in [1.165, 1.54) is 11.1 Å². The van der Waals surface area contributed by atoms with Gasteiger partial charge in [-0.3, -0.25) is 4.98 Å². The van der Waals surface area contributed by atoms with Crippen molar-refractivity contribution in [3.05, 3.63) is 65.5 Å². The van der Waals surface area contributed by atoms with Crippen LogP contribution in [0.5, 0.6) is 0 Å². The predicted molar refractivity (Wildman–Crippen MR) is 66.0 cm³/mol. The van der Waals surface area contributed by atoms with E-state index in [4.69, 9.17) is 5.73 Å². The van der Waals surface area contributed by atoms with E-state index in [-0.39, 0.29) is 0 Å². The lowest BCUT2D eigenvalue weighted by atomic mass is 10.1. The van der Waals surface area contributed by atoms with Crippen molar-refractivity contribution >= 4 is 0 Å². The number of pyridine rings is 1. The summed E-state index contributed by atoms with van der Waals surface area (Å²) in [6.45, 7) is 0.513. The molecule has 0 atom stereocenters. The Morgan fingerprint density at radius 2 is 1.62 bits per heavy atom. The van der Waals surface area contributed by atoms with Crippen molar-refractivity contribution < 1.29 is 0 Å². The molecule has 0 amide bonds. The highest BCUT2D eigenvalue weighted by atomic mass is 14.7. The number of hydrogen-bond donors (Lipinski definition) is 1. The van der Waals surface area contributed by atoms with E-state index in [0.717, 1.165) is 18.5 Å². The van der Waals surface area contributed by atoms with Gasteiger partial charge in [-0.05, 0) is 30.0 Å². The molecule has 0 aliphatic rings. The minimum absolute atomic E-state index is 0.513. The second-order valence-electron chi connectivity index (χ2n) is 3.85. The first-order valence-electron chi connectivity index (χ1n) is 5.56. The molecule has 1 aromatic carbocycles. The van der Waals surface area contributed by atoms with Gasteiger partial charge < -0.3 is 5.73 Å². The van der Waals surface area contributed by atoms with Gasteiger partial charge in [0.2, 0.25) is 0 Å². The van der Waals surface area contributed by atoms with Crippen molar-refractivity contribution in [1.82, 2.24) is 4.98 Å². The van der Waals surface area contributed by atoms with Crippen LogP contribution in [0.2, 0.25) is 0 Å². The molecule has 2 aromatic rings. The molecular formula is C14H16N2.